The molecule has 1 fully saturated rings. The number of rotatable bonds is 10. The molecule has 6 nitrogen and oxygen atoms in total. The number of benzene rings is 1. The van der Waals surface area contributed by atoms with Crippen molar-refractivity contribution < 1.29 is 42.1 Å². The lowest BCUT2D eigenvalue weighted by Crippen LogP contribution is -2.37. The van der Waals surface area contributed by atoms with E-state index in [1.54, 1.807) is 12.1 Å². The van der Waals surface area contributed by atoms with Gasteiger partial charge in [0.2, 0.25) is 0 Å². The minimum Gasteiger partial charge on any atom is -0.501 e. The van der Waals surface area contributed by atoms with Gasteiger partial charge < -0.3 is 19.3 Å². The Kier molecular flexibility index (Phi) is 8.50. The molecule has 0 saturated heterocycles. The van der Waals surface area contributed by atoms with Crippen LogP contribution >= 0.6 is 0 Å². The van der Waals surface area contributed by atoms with Gasteiger partial charge in [0.1, 0.15) is 11.7 Å². The smallest absolute Gasteiger partial charge is 0.401 e. The van der Waals surface area contributed by atoms with Crippen LogP contribution in [0, 0.1) is 31.6 Å². The lowest BCUT2D eigenvalue weighted by atomic mass is 9.91. The average molecular weight is 444 g/mol. The van der Waals surface area contributed by atoms with Crippen molar-refractivity contribution in [3.8, 4) is 5.75 Å². The van der Waals surface area contributed by atoms with E-state index < -0.39 is 41.8 Å². The van der Waals surface area contributed by atoms with E-state index in [1.807, 2.05) is 19.9 Å². The third kappa shape index (κ3) is 6.46. The molecule has 0 bridgehead atoms. The summed E-state index contributed by atoms with van der Waals surface area (Å²) in [6, 6.07) is 5.32. The van der Waals surface area contributed by atoms with Crippen molar-refractivity contribution in [1.82, 2.24) is 0 Å². The highest BCUT2D eigenvalue weighted by molar-refractivity contribution is 5.88. The molecule has 0 heterocycles. The Morgan fingerprint density at radius 2 is 1.94 bits per heavy atom. The normalized spacial score (nSPS) is 24.0. The van der Waals surface area contributed by atoms with Crippen LogP contribution in [0.25, 0.3) is 0 Å². The first kappa shape index (κ1) is 24.7. The Balaban J connectivity index is 2.15. The molecule has 2 rings (SSSR count). The van der Waals surface area contributed by atoms with E-state index in [-0.39, 0.29) is 26.1 Å². The number of ketones is 1. The molecule has 31 heavy (non-hydrogen) atoms. The number of carbonyl (C=O) groups excluding carboxylic acids is 1. The standard InChI is InChI=1S/C22H27F3O6/c1-13-6-7-15(11-14(13)2)31-12-17-16(5-4-9-30-10-8-18(26)27)21(29-3)19(20(17)28)22(23,24)25/h4,6-7,9,11,16-17,19,21H,5,8,10,12H2,1-3H3,(H,26,27)/b9-4-/t16-,17-,19?,21?/m1/s1. The molecule has 1 N–H and O–H groups in total. The third-order valence-corrected chi connectivity index (χ3v) is 5.51. The number of hydrogen-bond acceptors (Lipinski definition) is 5. The van der Waals surface area contributed by atoms with Crippen molar-refractivity contribution in [3.05, 3.63) is 41.7 Å². The van der Waals surface area contributed by atoms with Crippen LogP contribution in [0.1, 0.15) is 24.0 Å². The molecule has 9 heteroatoms. The molecule has 1 aromatic carbocycles. The van der Waals surface area contributed by atoms with Crippen molar-refractivity contribution in [1.29, 1.82) is 0 Å². The molecule has 1 aliphatic carbocycles. The molecule has 0 radical (unpaired) electrons. The minimum atomic E-state index is -4.73. The largest absolute Gasteiger partial charge is 0.501 e. The van der Waals surface area contributed by atoms with Crippen LogP contribution in [-0.4, -0.2) is 49.5 Å². The van der Waals surface area contributed by atoms with Crippen LogP contribution in [0.4, 0.5) is 13.2 Å². The van der Waals surface area contributed by atoms with E-state index in [0.717, 1.165) is 18.2 Å². The summed E-state index contributed by atoms with van der Waals surface area (Å²) >= 11 is 0. The van der Waals surface area contributed by atoms with Crippen molar-refractivity contribution in [2.75, 3.05) is 20.3 Å². The van der Waals surface area contributed by atoms with Gasteiger partial charge in [-0.25, -0.2) is 0 Å². The number of Topliss-reactive ketones (excluding diaryl/α,β-unsaturated/α-hetero) is 1. The summed E-state index contributed by atoms with van der Waals surface area (Å²) in [6.45, 7) is 3.55. The van der Waals surface area contributed by atoms with Crippen LogP contribution in [0.15, 0.2) is 30.5 Å². The Bertz CT molecular complexity index is 805. The van der Waals surface area contributed by atoms with Gasteiger partial charge in [0.15, 0.2) is 5.78 Å². The average Bonchev–Trinajstić information content (AvgIpc) is 2.96. The van der Waals surface area contributed by atoms with Crippen LogP contribution in [-0.2, 0) is 19.1 Å². The molecule has 172 valence electrons. The Morgan fingerprint density at radius 3 is 2.52 bits per heavy atom. The predicted octanol–water partition coefficient (Wildman–Crippen LogP) is 4.09. The molecule has 2 unspecified atom stereocenters. The minimum absolute atomic E-state index is 0.0619. The fourth-order valence-electron chi connectivity index (χ4n) is 3.73. The Morgan fingerprint density at radius 1 is 1.23 bits per heavy atom. The van der Waals surface area contributed by atoms with E-state index in [4.69, 9.17) is 19.3 Å². The highest BCUT2D eigenvalue weighted by atomic mass is 19.4. The van der Waals surface area contributed by atoms with Gasteiger partial charge in [-0.15, -0.1) is 0 Å². The van der Waals surface area contributed by atoms with E-state index in [1.165, 1.54) is 12.3 Å². The molecule has 1 aromatic rings. The van der Waals surface area contributed by atoms with Crippen LogP contribution in [0.2, 0.25) is 0 Å². The highest BCUT2D eigenvalue weighted by Crippen LogP contribution is 2.45. The zero-order valence-corrected chi connectivity index (χ0v) is 17.6. The van der Waals surface area contributed by atoms with Gasteiger partial charge in [0.25, 0.3) is 0 Å². The molecule has 4 atom stereocenters. The fraction of sp³-hybridized carbons (Fsp3) is 0.545. The summed E-state index contributed by atoms with van der Waals surface area (Å²) < 4.78 is 56.6. The van der Waals surface area contributed by atoms with E-state index >= 15 is 0 Å². The monoisotopic (exact) mass is 444 g/mol. The van der Waals surface area contributed by atoms with Crippen LogP contribution in [0.3, 0.4) is 0 Å². The summed E-state index contributed by atoms with van der Waals surface area (Å²) in [5, 5.41) is 8.59. The molecular weight excluding hydrogens is 417 g/mol. The first-order valence-corrected chi connectivity index (χ1v) is 9.88. The first-order valence-electron chi connectivity index (χ1n) is 9.88. The van der Waals surface area contributed by atoms with E-state index in [9.17, 15) is 22.8 Å². The summed E-state index contributed by atoms with van der Waals surface area (Å²) in [6.07, 6.45) is -3.46. The van der Waals surface area contributed by atoms with Gasteiger partial charge in [-0.05, 0) is 49.6 Å². The van der Waals surface area contributed by atoms with Crippen molar-refractivity contribution in [3.63, 3.8) is 0 Å². The number of alkyl halides is 3. The van der Waals surface area contributed by atoms with Crippen molar-refractivity contribution in [2.45, 2.75) is 39.0 Å². The third-order valence-electron chi connectivity index (χ3n) is 5.51. The number of hydrogen-bond donors (Lipinski definition) is 1. The van der Waals surface area contributed by atoms with Gasteiger partial charge in [-0.1, -0.05) is 6.07 Å². The quantitative estimate of drug-likeness (QED) is 0.433. The number of carbonyl (C=O) groups is 2. The number of carboxylic acids is 1. The van der Waals surface area contributed by atoms with E-state index in [2.05, 4.69) is 0 Å². The number of allylic oxidation sites excluding steroid dienone is 1. The van der Waals surface area contributed by atoms with Crippen LogP contribution < -0.4 is 4.74 Å². The number of aryl methyl sites for hydroxylation is 2. The zero-order chi connectivity index (χ0) is 23.2. The van der Waals surface area contributed by atoms with Gasteiger partial charge >= 0.3 is 12.1 Å². The van der Waals surface area contributed by atoms with Gasteiger partial charge in [0, 0.05) is 13.0 Å². The predicted molar refractivity (Wildman–Crippen MR) is 106 cm³/mol. The maximum Gasteiger partial charge on any atom is 0.401 e. The summed E-state index contributed by atoms with van der Waals surface area (Å²) in [5.74, 6) is -5.50. The number of ether oxygens (including phenoxy) is 3. The maximum absolute atomic E-state index is 13.6. The second-order valence-electron chi connectivity index (χ2n) is 7.57. The molecular formula is C22H27F3O6. The lowest BCUT2D eigenvalue weighted by molar-refractivity contribution is -0.199. The summed E-state index contributed by atoms with van der Waals surface area (Å²) in [4.78, 5) is 23.2. The molecule has 0 aromatic heterocycles. The first-order chi connectivity index (χ1) is 14.6. The number of carboxylic acid groups (broad SMARTS) is 1. The Hall–Kier alpha value is -2.55. The maximum atomic E-state index is 13.6. The number of halogens is 3. The lowest BCUT2D eigenvalue weighted by Gasteiger charge is -2.24. The van der Waals surface area contributed by atoms with Crippen molar-refractivity contribution >= 4 is 11.8 Å². The zero-order valence-electron chi connectivity index (χ0n) is 17.6. The SMILES string of the molecule is COC1C(C(F)(F)F)C(=O)[C@H](COc2ccc(C)c(C)c2)[C@H]1C/C=C\OCCC(=O)O. The Labute approximate surface area is 179 Å². The van der Waals surface area contributed by atoms with Gasteiger partial charge in [0.05, 0.1) is 37.9 Å². The summed E-state index contributed by atoms with van der Waals surface area (Å²) in [5.41, 5.74) is 2.02. The van der Waals surface area contributed by atoms with Gasteiger partial charge in [-0.3, -0.25) is 9.59 Å². The van der Waals surface area contributed by atoms with E-state index in [0.29, 0.717) is 5.75 Å². The number of aliphatic carboxylic acids is 1. The van der Waals surface area contributed by atoms with Crippen molar-refractivity contribution in [2.24, 2.45) is 17.8 Å². The van der Waals surface area contributed by atoms with Crippen LogP contribution in [0.5, 0.6) is 5.75 Å². The molecule has 0 spiro atoms. The summed E-state index contributed by atoms with van der Waals surface area (Å²) in [7, 11) is 1.16. The molecule has 0 amide bonds. The molecule has 1 aliphatic rings. The number of methoxy groups -OCH3 is 1. The van der Waals surface area contributed by atoms with Gasteiger partial charge in [-0.2, -0.15) is 13.2 Å². The fourth-order valence-corrected chi connectivity index (χ4v) is 3.73. The molecule has 1 saturated carbocycles. The highest BCUT2D eigenvalue weighted by Gasteiger charge is 2.60. The topological polar surface area (TPSA) is 82.1 Å². The second-order valence-corrected chi connectivity index (χ2v) is 7.57. The second kappa shape index (κ2) is 10.7. The molecule has 0 aliphatic heterocycles.